The van der Waals surface area contributed by atoms with E-state index >= 15 is 0 Å². The van der Waals surface area contributed by atoms with Crippen LogP contribution >= 0.6 is 23.1 Å². The van der Waals surface area contributed by atoms with Gasteiger partial charge in [-0.3, -0.25) is 9.48 Å². The molecule has 0 atom stereocenters. The van der Waals surface area contributed by atoms with Crippen LogP contribution in [0.15, 0.2) is 29.3 Å². The summed E-state index contributed by atoms with van der Waals surface area (Å²) in [5.74, 6) is 1.46. The van der Waals surface area contributed by atoms with Crippen molar-refractivity contribution < 1.29 is 9.53 Å². The zero-order valence-electron chi connectivity index (χ0n) is 15.4. The summed E-state index contributed by atoms with van der Waals surface area (Å²) >= 11 is 3.27. The lowest BCUT2D eigenvalue weighted by molar-refractivity contribution is 0.0992. The number of rotatable bonds is 6. The Morgan fingerprint density at radius 3 is 2.85 bits per heavy atom. The van der Waals surface area contributed by atoms with E-state index in [-0.39, 0.29) is 5.91 Å². The number of nitrogens with zero attached hydrogens (tertiary/aromatic N) is 4. The number of amides is 1. The van der Waals surface area contributed by atoms with Crippen molar-refractivity contribution in [2.75, 3.05) is 18.6 Å². The van der Waals surface area contributed by atoms with Crippen LogP contribution in [0, 0.1) is 6.92 Å². The van der Waals surface area contributed by atoms with E-state index in [4.69, 9.17) is 4.74 Å². The third-order valence-corrected chi connectivity index (χ3v) is 5.65. The van der Waals surface area contributed by atoms with E-state index in [0.717, 1.165) is 34.0 Å². The average molecular weight is 391 g/mol. The Bertz CT molecular complexity index is 981. The standard InChI is InChI=1S/C18H22N4O2S2/c1-5-24-13-6-7-15-16(11-13)26-18(22(15)8-9-25-4)19-17(23)14-10-12(2)21(3)20-14/h6-7,10-11H,5,8-9H2,1-4H3. The van der Waals surface area contributed by atoms with Crippen LogP contribution < -0.4 is 9.54 Å². The topological polar surface area (TPSA) is 61.4 Å². The Kier molecular flexibility index (Phi) is 5.83. The summed E-state index contributed by atoms with van der Waals surface area (Å²) in [6, 6.07) is 7.76. The predicted octanol–water partition coefficient (Wildman–Crippen LogP) is 3.25. The minimum absolute atomic E-state index is 0.316. The van der Waals surface area contributed by atoms with Gasteiger partial charge < -0.3 is 9.30 Å². The molecular formula is C18H22N4O2S2. The number of thiazole rings is 1. The number of hydrogen-bond donors (Lipinski definition) is 0. The van der Waals surface area contributed by atoms with Gasteiger partial charge in [0.2, 0.25) is 0 Å². The molecule has 26 heavy (non-hydrogen) atoms. The summed E-state index contributed by atoms with van der Waals surface area (Å²) in [6.45, 7) is 5.29. The smallest absolute Gasteiger partial charge is 0.300 e. The van der Waals surface area contributed by atoms with Crippen LogP contribution in [0.4, 0.5) is 0 Å². The fraction of sp³-hybridized carbons (Fsp3) is 0.389. The van der Waals surface area contributed by atoms with Gasteiger partial charge in [-0.1, -0.05) is 11.3 Å². The number of benzene rings is 1. The van der Waals surface area contributed by atoms with Crippen molar-refractivity contribution in [2.24, 2.45) is 12.0 Å². The molecule has 2 aromatic heterocycles. The van der Waals surface area contributed by atoms with E-state index in [1.54, 1.807) is 22.5 Å². The minimum atomic E-state index is -0.316. The lowest BCUT2D eigenvalue weighted by Gasteiger charge is -2.05. The second kappa shape index (κ2) is 8.09. The predicted molar refractivity (Wildman–Crippen MR) is 107 cm³/mol. The van der Waals surface area contributed by atoms with Crippen molar-refractivity contribution in [2.45, 2.75) is 20.4 Å². The van der Waals surface area contributed by atoms with Crippen molar-refractivity contribution in [1.82, 2.24) is 14.3 Å². The second-order valence-corrected chi connectivity index (χ2v) is 7.80. The first-order valence-electron chi connectivity index (χ1n) is 8.38. The molecule has 1 amide bonds. The molecule has 0 radical (unpaired) electrons. The molecular weight excluding hydrogens is 368 g/mol. The molecule has 0 aliphatic rings. The Labute approximate surface area is 160 Å². The zero-order chi connectivity index (χ0) is 18.7. The number of carbonyl (C=O) groups is 1. The number of aromatic nitrogens is 3. The molecule has 6 nitrogen and oxygen atoms in total. The van der Waals surface area contributed by atoms with Gasteiger partial charge in [0.15, 0.2) is 10.5 Å². The molecule has 0 spiro atoms. The highest BCUT2D eigenvalue weighted by molar-refractivity contribution is 7.98. The molecule has 0 bridgehead atoms. The normalized spacial score (nSPS) is 12.1. The summed E-state index contributed by atoms with van der Waals surface area (Å²) in [5, 5.41) is 4.24. The van der Waals surface area contributed by atoms with E-state index in [0.29, 0.717) is 17.1 Å². The van der Waals surface area contributed by atoms with Crippen LogP contribution in [0.5, 0.6) is 5.75 Å². The molecule has 0 N–H and O–H groups in total. The van der Waals surface area contributed by atoms with Gasteiger partial charge in [0.1, 0.15) is 5.75 Å². The highest BCUT2D eigenvalue weighted by atomic mass is 32.2. The quantitative estimate of drug-likeness (QED) is 0.648. The Balaban J connectivity index is 2.08. The van der Waals surface area contributed by atoms with Gasteiger partial charge in [-0.15, -0.1) is 0 Å². The third kappa shape index (κ3) is 3.86. The van der Waals surface area contributed by atoms with Crippen LogP contribution in [0.2, 0.25) is 0 Å². The maximum atomic E-state index is 12.6. The van der Waals surface area contributed by atoms with Gasteiger partial charge in [-0.25, -0.2) is 0 Å². The van der Waals surface area contributed by atoms with E-state index in [1.165, 1.54) is 11.3 Å². The largest absolute Gasteiger partial charge is 0.494 e. The first-order chi connectivity index (χ1) is 12.5. The molecule has 0 fully saturated rings. The average Bonchev–Trinajstić information content (AvgIpc) is 3.13. The summed E-state index contributed by atoms with van der Waals surface area (Å²) < 4.78 is 10.4. The van der Waals surface area contributed by atoms with Gasteiger partial charge in [-0.2, -0.15) is 21.9 Å². The van der Waals surface area contributed by atoms with Crippen molar-refractivity contribution >= 4 is 39.2 Å². The third-order valence-electron chi connectivity index (χ3n) is 4.01. The van der Waals surface area contributed by atoms with Gasteiger partial charge in [-0.05, 0) is 44.4 Å². The fourth-order valence-electron chi connectivity index (χ4n) is 2.60. The number of ether oxygens (including phenoxy) is 1. The SMILES string of the molecule is CCOc1ccc2c(c1)sc(=NC(=O)c1cc(C)n(C)n1)n2CCSC. The molecule has 3 rings (SSSR count). The highest BCUT2D eigenvalue weighted by Crippen LogP contribution is 2.23. The summed E-state index contributed by atoms with van der Waals surface area (Å²) in [5.41, 5.74) is 2.36. The van der Waals surface area contributed by atoms with Crippen molar-refractivity contribution in [1.29, 1.82) is 0 Å². The molecule has 1 aromatic carbocycles. The minimum Gasteiger partial charge on any atom is -0.494 e. The lowest BCUT2D eigenvalue weighted by Crippen LogP contribution is -2.18. The number of hydrogen-bond acceptors (Lipinski definition) is 5. The van der Waals surface area contributed by atoms with Crippen molar-refractivity contribution in [3.8, 4) is 5.75 Å². The van der Waals surface area contributed by atoms with E-state index < -0.39 is 0 Å². The first-order valence-corrected chi connectivity index (χ1v) is 10.6. The zero-order valence-corrected chi connectivity index (χ0v) is 17.0. The molecule has 0 aliphatic carbocycles. The number of fused-ring (bicyclic) bond motifs is 1. The second-order valence-electron chi connectivity index (χ2n) is 5.80. The molecule has 0 saturated carbocycles. The molecule has 8 heteroatoms. The van der Waals surface area contributed by atoms with Crippen LogP contribution in [0.3, 0.4) is 0 Å². The summed E-state index contributed by atoms with van der Waals surface area (Å²) in [7, 11) is 1.82. The molecule has 0 unspecified atom stereocenters. The number of thioether (sulfide) groups is 1. The number of aryl methyl sites for hydroxylation is 3. The Morgan fingerprint density at radius 1 is 1.38 bits per heavy atom. The fourth-order valence-corrected chi connectivity index (χ4v) is 4.05. The van der Waals surface area contributed by atoms with Crippen LogP contribution in [-0.2, 0) is 13.6 Å². The highest BCUT2D eigenvalue weighted by Gasteiger charge is 2.13. The van der Waals surface area contributed by atoms with Crippen LogP contribution in [0.25, 0.3) is 10.2 Å². The molecule has 0 aliphatic heterocycles. The van der Waals surface area contributed by atoms with Crippen molar-refractivity contribution in [3.05, 3.63) is 40.5 Å². The monoisotopic (exact) mass is 390 g/mol. The van der Waals surface area contributed by atoms with Gasteiger partial charge in [0, 0.05) is 25.0 Å². The lowest BCUT2D eigenvalue weighted by atomic mass is 10.3. The number of carbonyl (C=O) groups excluding carboxylic acids is 1. The maximum absolute atomic E-state index is 12.6. The van der Waals surface area contributed by atoms with E-state index in [2.05, 4.69) is 20.9 Å². The molecule has 138 valence electrons. The Morgan fingerprint density at radius 2 is 2.19 bits per heavy atom. The molecule has 0 saturated heterocycles. The van der Waals surface area contributed by atoms with Gasteiger partial charge in [0.25, 0.3) is 5.91 Å². The summed E-state index contributed by atoms with van der Waals surface area (Å²) in [4.78, 5) is 17.6. The molecule has 2 heterocycles. The Hall–Kier alpha value is -2.06. The van der Waals surface area contributed by atoms with E-state index in [1.807, 2.05) is 39.1 Å². The maximum Gasteiger partial charge on any atom is 0.300 e. The van der Waals surface area contributed by atoms with Crippen LogP contribution in [-0.4, -0.2) is 38.9 Å². The molecule has 3 aromatic rings. The van der Waals surface area contributed by atoms with Gasteiger partial charge in [0.05, 0.1) is 16.8 Å². The summed E-state index contributed by atoms with van der Waals surface area (Å²) in [6.07, 6.45) is 2.07. The van der Waals surface area contributed by atoms with Crippen LogP contribution in [0.1, 0.15) is 23.1 Å². The van der Waals surface area contributed by atoms with E-state index in [9.17, 15) is 4.79 Å². The van der Waals surface area contributed by atoms with Crippen molar-refractivity contribution in [3.63, 3.8) is 0 Å². The van der Waals surface area contributed by atoms with Gasteiger partial charge >= 0.3 is 0 Å². The first kappa shape index (κ1) is 18.7.